The van der Waals surface area contributed by atoms with Gasteiger partial charge in [-0.1, -0.05) is 17.7 Å². The van der Waals surface area contributed by atoms with E-state index in [4.69, 9.17) is 0 Å². The molecule has 1 heterocycles. The van der Waals surface area contributed by atoms with Gasteiger partial charge in [-0.25, -0.2) is 9.78 Å². The fraction of sp³-hybridized carbons (Fsp3) is 0.286. The van der Waals surface area contributed by atoms with Crippen LogP contribution < -0.4 is 5.69 Å². The van der Waals surface area contributed by atoms with E-state index in [1.54, 1.807) is 16.8 Å². The average Bonchev–Trinajstić information content (AvgIpc) is 2.25. The topological polar surface area (TPSA) is 34.9 Å². The van der Waals surface area contributed by atoms with E-state index in [9.17, 15) is 4.79 Å². The van der Waals surface area contributed by atoms with Crippen molar-refractivity contribution in [3.63, 3.8) is 0 Å². The van der Waals surface area contributed by atoms with Gasteiger partial charge in [-0.2, -0.15) is 0 Å². The normalized spacial score (nSPS) is 10.5. The molecule has 1 aromatic heterocycles. The maximum atomic E-state index is 11.6. The van der Waals surface area contributed by atoms with E-state index in [0.29, 0.717) is 6.54 Å². The van der Waals surface area contributed by atoms with Crippen LogP contribution in [0, 0.1) is 20.8 Å². The van der Waals surface area contributed by atoms with Crippen LogP contribution in [-0.4, -0.2) is 9.55 Å². The minimum Gasteiger partial charge on any atom is -0.295 e. The molecule has 0 saturated carbocycles. The first-order valence-corrected chi connectivity index (χ1v) is 5.66. The zero-order valence-corrected chi connectivity index (χ0v) is 10.4. The number of hydrogen-bond acceptors (Lipinski definition) is 2. The van der Waals surface area contributed by atoms with Crippen molar-refractivity contribution in [2.75, 3.05) is 0 Å². The zero-order valence-electron chi connectivity index (χ0n) is 10.4. The molecular weight excluding hydrogens is 212 g/mol. The lowest BCUT2D eigenvalue weighted by atomic mass is 10.00. The second-order valence-electron chi connectivity index (χ2n) is 4.41. The second-order valence-corrected chi connectivity index (χ2v) is 4.41. The molecule has 1 aromatic carbocycles. The Morgan fingerprint density at radius 1 is 1.18 bits per heavy atom. The van der Waals surface area contributed by atoms with Crippen molar-refractivity contribution < 1.29 is 0 Å². The van der Waals surface area contributed by atoms with Gasteiger partial charge in [-0.05, 0) is 43.5 Å². The highest BCUT2D eigenvalue weighted by atomic mass is 16.1. The van der Waals surface area contributed by atoms with Crippen molar-refractivity contribution in [3.8, 4) is 0 Å². The molecule has 0 radical (unpaired) electrons. The quantitative estimate of drug-likeness (QED) is 0.790. The Morgan fingerprint density at radius 3 is 2.41 bits per heavy atom. The third kappa shape index (κ3) is 2.44. The van der Waals surface area contributed by atoms with E-state index >= 15 is 0 Å². The first-order chi connectivity index (χ1) is 8.08. The molecule has 2 rings (SSSR count). The van der Waals surface area contributed by atoms with Crippen LogP contribution in [0.3, 0.4) is 0 Å². The molecule has 0 amide bonds. The maximum Gasteiger partial charge on any atom is 0.347 e. The minimum atomic E-state index is -0.202. The number of nitrogens with zero attached hydrogens (tertiary/aromatic N) is 2. The van der Waals surface area contributed by atoms with E-state index in [-0.39, 0.29) is 5.69 Å². The summed E-state index contributed by atoms with van der Waals surface area (Å²) in [5.41, 5.74) is 4.69. The highest BCUT2D eigenvalue weighted by Crippen LogP contribution is 2.16. The van der Waals surface area contributed by atoms with Crippen LogP contribution in [0.1, 0.15) is 22.3 Å². The second kappa shape index (κ2) is 4.53. The fourth-order valence-corrected chi connectivity index (χ4v) is 2.14. The van der Waals surface area contributed by atoms with E-state index in [2.05, 4.69) is 37.9 Å². The highest BCUT2D eigenvalue weighted by Gasteiger charge is 2.05. The zero-order chi connectivity index (χ0) is 12.4. The van der Waals surface area contributed by atoms with Crippen molar-refractivity contribution in [1.82, 2.24) is 9.55 Å². The summed E-state index contributed by atoms with van der Waals surface area (Å²) < 4.78 is 1.63. The first kappa shape index (κ1) is 11.6. The molecular formula is C14H16N2O. The SMILES string of the molecule is Cc1cc(C)c(Cn2cccnc2=O)c(C)c1. The third-order valence-electron chi connectivity index (χ3n) is 2.95. The number of aromatic nitrogens is 2. The molecule has 2 aromatic rings. The van der Waals surface area contributed by atoms with Crippen molar-refractivity contribution >= 4 is 0 Å². The summed E-state index contributed by atoms with van der Waals surface area (Å²) >= 11 is 0. The van der Waals surface area contributed by atoms with Crippen LogP contribution in [0.4, 0.5) is 0 Å². The monoisotopic (exact) mass is 228 g/mol. The minimum absolute atomic E-state index is 0.202. The average molecular weight is 228 g/mol. The van der Waals surface area contributed by atoms with Crippen LogP contribution in [0.5, 0.6) is 0 Å². The fourth-order valence-electron chi connectivity index (χ4n) is 2.14. The van der Waals surface area contributed by atoms with E-state index in [1.165, 1.54) is 28.5 Å². The van der Waals surface area contributed by atoms with Gasteiger partial charge in [0.15, 0.2) is 0 Å². The maximum absolute atomic E-state index is 11.6. The molecule has 0 unspecified atom stereocenters. The summed E-state index contributed by atoms with van der Waals surface area (Å²) in [6.07, 6.45) is 3.29. The molecule has 0 spiro atoms. The van der Waals surface area contributed by atoms with E-state index < -0.39 is 0 Å². The Labute approximate surface area is 101 Å². The summed E-state index contributed by atoms with van der Waals surface area (Å²) in [6, 6.07) is 6.06. The first-order valence-electron chi connectivity index (χ1n) is 5.66. The third-order valence-corrected chi connectivity index (χ3v) is 2.95. The number of benzene rings is 1. The molecule has 17 heavy (non-hydrogen) atoms. The van der Waals surface area contributed by atoms with E-state index in [0.717, 1.165) is 0 Å². The Morgan fingerprint density at radius 2 is 1.82 bits per heavy atom. The van der Waals surface area contributed by atoms with Gasteiger partial charge in [-0.3, -0.25) is 4.57 Å². The highest BCUT2D eigenvalue weighted by molar-refractivity contribution is 5.37. The molecule has 88 valence electrons. The van der Waals surface area contributed by atoms with Crippen LogP contribution >= 0.6 is 0 Å². The Kier molecular flexibility index (Phi) is 3.09. The molecule has 0 aliphatic carbocycles. The van der Waals surface area contributed by atoms with Gasteiger partial charge in [0, 0.05) is 12.4 Å². The van der Waals surface area contributed by atoms with Gasteiger partial charge in [0.25, 0.3) is 0 Å². The summed E-state index contributed by atoms with van der Waals surface area (Å²) in [7, 11) is 0. The molecule has 0 aliphatic heterocycles. The predicted molar refractivity (Wildman–Crippen MR) is 68.3 cm³/mol. The number of rotatable bonds is 2. The van der Waals surface area contributed by atoms with Gasteiger partial charge < -0.3 is 0 Å². The van der Waals surface area contributed by atoms with Gasteiger partial charge in [0.2, 0.25) is 0 Å². The van der Waals surface area contributed by atoms with Crippen LogP contribution in [0.15, 0.2) is 35.4 Å². The molecule has 0 bridgehead atoms. The molecule has 3 heteroatoms. The molecule has 0 atom stereocenters. The summed E-state index contributed by atoms with van der Waals surface area (Å²) in [5, 5.41) is 0. The Hall–Kier alpha value is -1.90. The molecule has 0 fully saturated rings. The van der Waals surface area contributed by atoms with Gasteiger partial charge in [0.1, 0.15) is 0 Å². The van der Waals surface area contributed by atoms with Gasteiger partial charge in [0.05, 0.1) is 6.54 Å². The molecule has 0 aliphatic rings. The Bertz CT molecular complexity index is 576. The molecule has 3 nitrogen and oxygen atoms in total. The smallest absolute Gasteiger partial charge is 0.295 e. The predicted octanol–water partition coefficient (Wildman–Crippen LogP) is 2.22. The molecule has 0 N–H and O–H groups in total. The van der Waals surface area contributed by atoms with Crippen molar-refractivity contribution in [3.05, 3.63) is 63.3 Å². The van der Waals surface area contributed by atoms with Crippen molar-refractivity contribution in [1.29, 1.82) is 0 Å². The van der Waals surface area contributed by atoms with Crippen LogP contribution in [0.25, 0.3) is 0 Å². The standard InChI is InChI=1S/C14H16N2O/c1-10-7-11(2)13(12(3)8-10)9-16-6-4-5-15-14(16)17/h4-8H,9H2,1-3H3. The largest absolute Gasteiger partial charge is 0.347 e. The molecule has 0 saturated heterocycles. The summed E-state index contributed by atoms with van der Waals surface area (Å²) in [6.45, 7) is 6.83. The lowest BCUT2D eigenvalue weighted by Gasteiger charge is -2.12. The lowest BCUT2D eigenvalue weighted by molar-refractivity contribution is 0.720. The Balaban J connectivity index is 2.44. The van der Waals surface area contributed by atoms with Crippen LogP contribution in [0.2, 0.25) is 0 Å². The van der Waals surface area contributed by atoms with Gasteiger partial charge >= 0.3 is 5.69 Å². The van der Waals surface area contributed by atoms with E-state index in [1.807, 2.05) is 0 Å². The van der Waals surface area contributed by atoms with Crippen LogP contribution in [-0.2, 0) is 6.54 Å². The summed E-state index contributed by atoms with van der Waals surface area (Å²) in [5.74, 6) is 0. The number of aryl methyl sites for hydroxylation is 3. The van der Waals surface area contributed by atoms with Crippen molar-refractivity contribution in [2.45, 2.75) is 27.3 Å². The summed E-state index contributed by atoms with van der Waals surface area (Å²) in [4.78, 5) is 15.3. The lowest BCUT2D eigenvalue weighted by Crippen LogP contribution is -2.22. The van der Waals surface area contributed by atoms with Crippen molar-refractivity contribution in [2.24, 2.45) is 0 Å². The van der Waals surface area contributed by atoms with Gasteiger partial charge in [-0.15, -0.1) is 0 Å². The number of hydrogen-bond donors (Lipinski definition) is 0.